The van der Waals surface area contributed by atoms with Gasteiger partial charge in [0.2, 0.25) is 5.95 Å². The standard InChI is InChI=1S/C11H10IN5/c1-16-6-8(5-14-16)17-10-3-2-7(12)4-9(10)15-11(17)13/h2-6H,1H3,(H2,13,15). The number of halogens is 1. The van der Waals surface area contributed by atoms with E-state index in [9.17, 15) is 0 Å². The molecule has 3 aromatic rings. The highest BCUT2D eigenvalue weighted by molar-refractivity contribution is 14.1. The van der Waals surface area contributed by atoms with Gasteiger partial charge in [0.25, 0.3) is 0 Å². The van der Waals surface area contributed by atoms with Crippen LogP contribution in [-0.4, -0.2) is 19.3 Å². The number of aromatic nitrogens is 4. The summed E-state index contributed by atoms with van der Waals surface area (Å²) < 4.78 is 4.79. The van der Waals surface area contributed by atoms with E-state index in [1.54, 1.807) is 10.9 Å². The molecule has 0 saturated heterocycles. The Kier molecular flexibility index (Phi) is 2.32. The summed E-state index contributed by atoms with van der Waals surface area (Å²) in [5.41, 5.74) is 8.78. The van der Waals surface area contributed by atoms with Crippen molar-refractivity contribution < 1.29 is 0 Å². The molecule has 0 fully saturated rings. The number of aryl methyl sites for hydroxylation is 1. The van der Waals surface area contributed by atoms with E-state index >= 15 is 0 Å². The molecule has 2 aromatic heterocycles. The Hall–Kier alpha value is -1.57. The number of fused-ring (bicyclic) bond motifs is 1. The van der Waals surface area contributed by atoms with Crippen molar-refractivity contribution in [2.24, 2.45) is 7.05 Å². The van der Waals surface area contributed by atoms with Gasteiger partial charge in [-0.1, -0.05) is 0 Å². The lowest BCUT2D eigenvalue weighted by Crippen LogP contribution is -1.99. The molecule has 0 spiro atoms. The van der Waals surface area contributed by atoms with Crippen molar-refractivity contribution in [1.29, 1.82) is 0 Å². The van der Waals surface area contributed by atoms with Crippen molar-refractivity contribution in [2.45, 2.75) is 0 Å². The summed E-state index contributed by atoms with van der Waals surface area (Å²) in [6.07, 6.45) is 3.69. The minimum atomic E-state index is 0.481. The molecule has 5 nitrogen and oxygen atoms in total. The molecule has 17 heavy (non-hydrogen) atoms. The number of nitrogens with zero attached hydrogens (tertiary/aromatic N) is 4. The number of rotatable bonds is 1. The largest absolute Gasteiger partial charge is 0.369 e. The van der Waals surface area contributed by atoms with Crippen LogP contribution in [0.15, 0.2) is 30.6 Å². The second-order valence-corrected chi connectivity index (χ2v) is 5.06. The second-order valence-electron chi connectivity index (χ2n) is 3.81. The summed E-state index contributed by atoms with van der Waals surface area (Å²) in [7, 11) is 1.88. The van der Waals surface area contributed by atoms with E-state index in [0.717, 1.165) is 20.3 Å². The van der Waals surface area contributed by atoms with E-state index in [2.05, 4.69) is 32.7 Å². The van der Waals surface area contributed by atoms with Crippen molar-refractivity contribution in [3.05, 3.63) is 34.2 Å². The monoisotopic (exact) mass is 339 g/mol. The Balaban J connectivity index is 2.32. The summed E-state index contributed by atoms with van der Waals surface area (Å²) in [6.45, 7) is 0. The molecule has 2 N–H and O–H groups in total. The first-order chi connectivity index (χ1) is 8.15. The number of anilines is 1. The minimum absolute atomic E-state index is 0.481. The van der Waals surface area contributed by atoms with Crippen LogP contribution in [-0.2, 0) is 7.05 Å². The van der Waals surface area contributed by atoms with Crippen molar-refractivity contribution in [3.63, 3.8) is 0 Å². The van der Waals surface area contributed by atoms with E-state index in [4.69, 9.17) is 5.73 Å². The Morgan fingerprint density at radius 2 is 2.18 bits per heavy atom. The van der Waals surface area contributed by atoms with Gasteiger partial charge in [-0.05, 0) is 40.8 Å². The third kappa shape index (κ3) is 1.68. The Morgan fingerprint density at radius 1 is 1.35 bits per heavy atom. The van der Waals surface area contributed by atoms with Crippen LogP contribution < -0.4 is 5.73 Å². The van der Waals surface area contributed by atoms with E-state index in [1.807, 2.05) is 36.0 Å². The van der Waals surface area contributed by atoms with Gasteiger partial charge >= 0.3 is 0 Å². The fourth-order valence-corrected chi connectivity index (χ4v) is 2.34. The van der Waals surface area contributed by atoms with Crippen LogP contribution in [0, 0.1) is 3.57 Å². The molecular formula is C11H10IN5. The first-order valence-corrected chi connectivity index (χ1v) is 6.15. The van der Waals surface area contributed by atoms with Crippen molar-refractivity contribution in [2.75, 3.05) is 5.73 Å². The van der Waals surface area contributed by atoms with Crippen molar-refractivity contribution in [1.82, 2.24) is 19.3 Å². The highest BCUT2D eigenvalue weighted by atomic mass is 127. The summed E-state index contributed by atoms with van der Waals surface area (Å²) in [5.74, 6) is 0.481. The fourth-order valence-electron chi connectivity index (χ4n) is 1.87. The van der Waals surface area contributed by atoms with E-state index in [0.29, 0.717) is 5.95 Å². The maximum Gasteiger partial charge on any atom is 0.206 e. The topological polar surface area (TPSA) is 61.7 Å². The van der Waals surface area contributed by atoms with Gasteiger partial charge in [0, 0.05) is 16.8 Å². The van der Waals surface area contributed by atoms with Crippen LogP contribution in [0.2, 0.25) is 0 Å². The van der Waals surface area contributed by atoms with Crippen molar-refractivity contribution in [3.8, 4) is 5.69 Å². The lowest BCUT2D eigenvalue weighted by Gasteiger charge is -2.01. The molecule has 0 bridgehead atoms. The molecular weight excluding hydrogens is 329 g/mol. The zero-order valence-electron chi connectivity index (χ0n) is 9.13. The Morgan fingerprint density at radius 3 is 2.88 bits per heavy atom. The van der Waals surface area contributed by atoms with E-state index in [1.165, 1.54) is 0 Å². The van der Waals surface area contributed by atoms with Gasteiger partial charge in [0.1, 0.15) is 0 Å². The van der Waals surface area contributed by atoms with Crippen LogP contribution in [0.4, 0.5) is 5.95 Å². The zero-order valence-corrected chi connectivity index (χ0v) is 11.3. The van der Waals surface area contributed by atoms with Gasteiger partial charge in [-0.3, -0.25) is 9.25 Å². The third-order valence-corrected chi connectivity index (χ3v) is 3.26. The number of nitrogens with two attached hydrogens (primary N) is 1. The number of nitrogen functional groups attached to an aromatic ring is 1. The summed E-state index contributed by atoms with van der Waals surface area (Å²) in [4.78, 5) is 4.36. The number of imidazole rings is 1. The minimum Gasteiger partial charge on any atom is -0.369 e. The predicted octanol–water partition coefficient (Wildman–Crippen LogP) is 1.95. The highest BCUT2D eigenvalue weighted by Crippen LogP contribution is 2.23. The van der Waals surface area contributed by atoms with Crippen LogP contribution >= 0.6 is 22.6 Å². The van der Waals surface area contributed by atoms with Crippen LogP contribution in [0.3, 0.4) is 0 Å². The highest BCUT2D eigenvalue weighted by Gasteiger charge is 2.11. The Labute approximate surface area is 111 Å². The lowest BCUT2D eigenvalue weighted by molar-refractivity contribution is 0.767. The smallest absolute Gasteiger partial charge is 0.206 e. The second kappa shape index (κ2) is 3.73. The quantitative estimate of drug-likeness (QED) is 0.690. The van der Waals surface area contributed by atoms with Gasteiger partial charge in [-0.15, -0.1) is 0 Å². The molecule has 0 unspecified atom stereocenters. The van der Waals surface area contributed by atoms with E-state index < -0.39 is 0 Å². The molecule has 0 saturated carbocycles. The summed E-state index contributed by atoms with van der Waals surface area (Å²) in [5, 5.41) is 4.15. The number of benzene rings is 1. The average molecular weight is 339 g/mol. The van der Waals surface area contributed by atoms with Crippen LogP contribution in [0.1, 0.15) is 0 Å². The van der Waals surface area contributed by atoms with E-state index in [-0.39, 0.29) is 0 Å². The maximum absolute atomic E-state index is 5.96. The Bertz CT molecular complexity index is 697. The molecule has 86 valence electrons. The molecule has 1 aromatic carbocycles. The van der Waals surface area contributed by atoms with Gasteiger partial charge in [0.15, 0.2) is 0 Å². The molecule has 6 heteroatoms. The zero-order chi connectivity index (χ0) is 12.0. The van der Waals surface area contributed by atoms with Gasteiger partial charge < -0.3 is 5.73 Å². The molecule has 3 rings (SSSR count). The normalized spacial score (nSPS) is 11.2. The molecule has 2 heterocycles. The van der Waals surface area contributed by atoms with Crippen LogP contribution in [0.25, 0.3) is 16.7 Å². The summed E-state index contributed by atoms with van der Waals surface area (Å²) >= 11 is 2.26. The van der Waals surface area contributed by atoms with Crippen molar-refractivity contribution >= 4 is 39.6 Å². The van der Waals surface area contributed by atoms with Gasteiger partial charge in [-0.25, -0.2) is 4.98 Å². The molecule has 0 aliphatic heterocycles. The average Bonchev–Trinajstić information content (AvgIpc) is 2.80. The molecule has 0 aliphatic rings. The van der Waals surface area contributed by atoms with Gasteiger partial charge in [0.05, 0.1) is 22.9 Å². The SMILES string of the molecule is Cn1cc(-n2c(N)nc3cc(I)ccc32)cn1. The first kappa shape index (κ1) is 10.6. The fraction of sp³-hybridized carbons (Fsp3) is 0.0909. The molecule has 0 radical (unpaired) electrons. The van der Waals surface area contributed by atoms with Gasteiger partial charge in [-0.2, -0.15) is 5.10 Å². The maximum atomic E-state index is 5.96. The number of hydrogen-bond acceptors (Lipinski definition) is 3. The number of hydrogen-bond donors (Lipinski definition) is 1. The lowest BCUT2D eigenvalue weighted by atomic mass is 10.3. The molecule has 0 amide bonds. The molecule has 0 atom stereocenters. The first-order valence-electron chi connectivity index (χ1n) is 5.07. The third-order valence-electron chi connectivity index (χ3n) is 2.59. The van der Waals surface area contributed by atoms with Crippen LogP contribution in [0.5, 0.6) is 0 Å². The summed E-state index contributed by atoms with van der Waals surface area (Å²) in [6, 6.07) is 6.07. The predicted molar refractivity (Wildman–Crippen MR) is 75.0 cm³/mol. The molecule has 0 aliphatic carbocycles.